The molecule has 1 saturated carbocycles. The van der Waals surface area contributed by atoms with Crippen LogP contribution < -0.4 is 5.32 Å². The lowest BCUT2D eigenvalue weighted by atomic mass is 10.0. The third-order valence-electron chi connectivity index (χ3n) is 3.45. The molecule has 1 aromatic rings. The minimum absolute atomic E-state index is 0.259. The van der Waals surface area contributed by atoms with Crippen LogP contribution in [-0.4, -0.2) is 10.6 Å². The zero-order valence-electron chi connectivity index (χ0n) is 9.59. The number of hydrogen-bond donors (Lipinski definition) is 2. The first-order valence-electron chi connectivity index (χ1n) is 5.81. The average molecular weight is 284 g/mol. The molecule has 0 atom stereocenters. The van der Waals surface area contributed by atoms with Crippen molar-refractivity contribution in [3.8, 4) is 5.75 Å². The van der Waals surface area contributed by atoms with E-state index in [1.165, 1.54) is 25.7 Å². The highest BCUT2D eigenvalue weighted by molar-refractivity contribution is 9.10. The van der Waals surface area contributed by atoms with Crippen molar-refractivity contribution in [1.82, 2.24) is 5.32 Å². The molecule has 88 valence electrons. The van der Waals surface area contributed by atoms with E-state index >= 15 is 0 Å². The first-order chi connectivity index (χ1) is 7.59. The molecule has 0 amide bonds. The van der Waals surface area contributed by atoms with Gasteiger partial charge in [0.2, 0.25) is 0 Å². The zero-order chi connectivity index (χ0) is 11.6. The average Bonchev–Trinajstić information content (AvgIpc) is 2.67. The molecule has 1 aliphatic rings. The Morgan fingerprint density at radius 3 is 2.75 bits per heavy atom. The first-order valence-corrected chi connectivity index (χ1v) is 6.61. The molecule has 1 aliphatic carbocycles. The van der Waals surface area contributed by atoms with Crippen LogP contribution in [0.3, 0.4) is 0 Å². The Morgan fingerprint density at radius 2 is 2.06 bits per heavy atom. The van der Waals surface area contributed by atoms with Crippen LogP contribution in [-0.2, 0) is 6.54 Å². The molecule has 2 N–H and O–H groups in total. The van der Waals surface area contributed by atoms with Gasteiger partial charge in [-0.3, -0.25) is 0 Å². The van der Waals surface area contributed by atoms with Gasteiger partial charge in [-0.25, -0.2) is 0 Å². The van der Waals surface area contributed by atoms with Crippen LogP contribution in [0.25, 0.3) is 0 Å². The highest BCUT2D eigenvalue weighted by Gasteiger charge is 2.27. The van der Waals surface area contributed by atoms with Crippen molar-refractivity contribution in [2.75, 3.05) is 0 Å². The zero-order valence-corrected chi connectivity index (χ0v) is 11.2. The first kappa shape index (κ1) is 11.9. The van der Waals surface area contributed by atoms with Crippen LogP contribution >= 0.6 is 15.9 Å². The third kappa shape index (κ3) is 2.77. The van der Waals surface area contributed by atoms with Crippen molar-refractivity contribution in [3.05, 3.63) is 28.2 Å². The van der Waals surface area contributed by atoms with Crippen LogP contribution in [0.5, 0.6) is 5.75 Å². The van der Waals surface area contributed by atoms with E-state index in [-0.39, 0.29) is 5.54 Å². The van der Waals surface area contributed by atoms with Gasteiger partial charge < -0.3 is 10.4 Å². The summed E-state index contributed by atoms with van der Waals surface area (Å²) >= 11 is 3.42. The van der Waals surface area contributed by atoms with E-state index in [0.29, 0.717) is 5.75 Å². The summed E-state index contributed by atoms with van der Waals surface area (Å²) in [7, 11) is 0. The SMILES string of the molecule is CC1(NCc2cc(Br)ccc2O)CCCC1. The summed E-state index contributed by atoms with van der Waals surface area (Å²) in [6.07, 6.45) is 5.10. The standard InChI is InChI=1S/C13H18BrNO/c1-13(6-2-3-7-13)15-9-10-8-11(14)4-5-12(10)16/h4-5,8,15-16H,2-3,6-7,9H2,1H3. The second-order valence-electron chi connectivity index (χ2n) is 4.89. The molecule has 1 fully saturated rings. The maximum absolute atomic E-state index is 9.73. The maximum Gasteiger partial charge on any atom is 0.120 e. The number of halogens is 1. The van der Waals surface area contributed by atoms with Gasteiger partial charge in [-0.05, 0) is 38.0 Å². The van der Waals surface area contributed by atoms with E-state index in [9.17, 15) is 5.11 Å². The number of rotatable bonds is 3. The molecule has 0 heterocycles. The van der Waals surface area contributed by atoms with Gasteiger partial charge in [0.25, 0.3) is 0 Å². The molecule has 0 unspecified atom stereocenters. The molecule has 0 radical (unpaired) electrons. The minimum Gasteiger partial charge on any atom is -0.508 e. The molecule has 2 nitrogen and oxygen atoms in total. The van der Waals surface area contributed by atoms with E-state index in [2.05, 4.69) is 28.2 Å². The Balaban J connectivity index is 2.01. The lowest BCUT2D eigenvalue weighted by Gasteiger charge is -2.25. The fourth-order valence-electron chi connectivity index (χ4n) is 2.34. The third-order valence-corrected chi connectivity index (χ3v) is 3.95. The Kier molecular flexibility index (Phi) is 3.55. The van der Waals surface area contributed by atoms with Crippen LogP contribution in [0.1, 0.15) is 38.2 Å². The van der Waals surface area contributed by atoms with Crippen LogP contribution in [0, 0.1) is 0 Å². The van der Waals surface area contributed by atoms with Crippen molar-refractivity contribution in [1.29, 1.82) is 0 Å². The van der Waals surface area contributed by atoms with E-state index in [1.54, 1.807) is 6.07 Å². The van der Waals surface area contributed by atoms with Gasteiger partial charge in [0.05, 0.1) is 0 Å². The van der Waals surface area contributed by atoms with E-state index < -0.39 is 0 Å². The Bertz CT molecular complexity index is 372. The predicted molar refractivity (Wildman–Crippen MR) is 69.5 cm³/mol. The Hall–Kier alpha value is -0.540. The smallest absolute Gasteiger partial charge is 0.120 e. The number of aromatic hydroxyl groups is 1. The van der Waals surface area contributed by atoms with E-state index in [1.807, 2.05) is 12.1 Å². The molecule has 0 aromatic heterocycles. The van der Waals surface area contributed by atoms with Crippen LogP contribution in [0.15, 0.2) is 22.7 Å². The molecule has 0 saturated heterocycles. The molecular weight excluding hydrogens is 266 g/mol. The van der Waals surface area contributed by atoms with Gasteiger partial charge in [0, 0.05) is 22.1 Å². The highest BCUT2D eigenvalue weighted by atomic mass is 79.9. The number of benzene rings is 1. The molecule has 2 rings (SSSR count). The summed E-state index contributed by atoms with van der Waals surface area (Å²) in [5.41, 5.74) is 1.22. The number of phenols is 1. The van der Waals surface area contributed by atoms with Gasteiger partial charge in [-0.15, -0.1) is 0 Å². The van der Waals surface area contributed by atoms with Crippen molar-refractivity contribution in [2.45, 2.75) is 44.7 Å². The summed E-state index contributed by atoms with van der Waals surface area (Å²) < 4.78 is 1.01. The fraction of sp³-hybridized carbons (Fsp3) is 0.538. The number of nitrogens with one attached hydrogen (secondary N) is 1. The summed E-state index contributed by atoms with van der Waals surface area (Å²) in [6, 6.07) is 5.56. The van der Waals surface area contributed by atoms with Gasteiger partial charge in [-0.1, -0.05) is 28.8 Å². The topological polar surface area (TPSA) is 32.3 Å². The highest BCUT2D eigenvalue weighted by Crippen LogP contribution is 2.30. The molecule has 16 heavy (non-hydrogen) atoms. The van der Waals surface area contributed by atoms with E-state index in [4.69, 9.17) is 0 Å². The molecule has 0 spiro atoms. The molecule has 1 aromatic carbocycles. The second-order valence-corrected chi connectivity index (χ2v) is 5.81. The van der Waals surface area contributed by atoms with Gasteiger partial charge >= 0.3 is 0 Å². The Labute approximate surface area is 105 Å². The molecule has 0 bridgehead atoms. The lowest BCUT2D eigenvalue weighted by molar-refractivity contribution is 0.358. The summed E-state index contributed by atoms with van der Waals surface area (Å²) in [4.78, 5) is 0. The quantitative estimate of drug-likeness (QED) is 0.889. The monoisotopic (exact) mass is 283 g/mol. The largest absolute Gasteiger partial charge is 0.508 e. The van der Waals surface area contributed by atoms with Gasteiger partial charge in [0.1, 0.15) is 5.75 Å². The normalized spacial score (nSPS) is 18.9. The summed E-state index contributed by atoms with van der Waals surface area (Å²) in [5.74, 6) is 0.372. The van der Waals surface area contributed by atoms with Crippen molar-refractivity contribution < 1.29 is 5.11 Å². The Morgan fingerprint density at radius 1 is 1.38 bits per heavy atom. The summed E-state index contributed by atoms with van der Waals surface area (Å²) in [6.45, 7) is 3.01. The lowest BCUT2D eigenvalue weighted by Crippen LogP contribution is -2.38. The van der Waals surface area contributed by atoms with Crippen LogP contribution in [0.4, 0.5) is 0 Å². The predicted octanol–water partition coefficient (Wildman–Crippen LogP) is 3.58. The van der Waals surface area contributed by atoms with Crippen molar-refractivity contribution in [2.24, 2.45) is 0 Å². The van der Waals surface area contributed by atoms with Gasteiger partial charge in [0.15, 0.2) is 0 Å². The van der Waals surface area contributed by atoms with Crippen molar-refractivity contribution in [3.63, 3.8) is 0 Å². The molecule has 0 aliphatic heterocycles. The molecular formula is C13H18BrNO. The van der Waals surface area contributed by atoms with Gasteiger partial charge in [-0.2, -0.15) is 0 Å². The van der Waals surface area contributed by atoms with Crippen LogP contribution in [0.2, 0.25) is 0 Å². The van der Waals surface area contributed by atoms with Crippen molar-refractivity contribution >= 4 is 15.9 Å². The fourth-order valence-corrected chi connectivity index (χ4v) is 2.74. The minimum atomic E-state index is 0.259. The number of hydrogen-bond acceptors (Lipinski definition) is 2. The second kappa shape index (κ2) is 4.76. The van der Waals surface area contributed by atoms with E-state index in [0.717, 1.165) is 16.6 Å². The number of phenolic OH excluding ortho intramolecular Hbond substituents is 1. The maximum atomic E-state index is 9.73. The summed E-state index contributed by atoms with van der Waals surface area (Å²) in [5, 5.41) is 13.3. The molecule has 3 heteroatoms.